The second kappa shape index (κ2) is 9.17. The Hall–Kier alpha value is -4.07. The van der Waals surface area contributed by atoms with E-state index in [-0.39, 0.29) is 17.3 Å². The van der Waals surface area contributed by atoms with E-state index in [0.29, 0.717) is 23.2 Å². The van der Waals surface area contributed by atoms with Crippen LogP contribution in [-0.2, 0) is 25.3 Å². The van der Waals surface area contributed by atoms with Gasteiger partial charge in [0.1, 0.15) is 17.3 Å². The molecule has 8 nitrogen and oxygen atoms in total. The molecule has 0 radical (unpaired) electrons. The number of rotatable bonds is 4. The third kappa shape index (κ3) is 5.11. The Morgan fingerprint density at radius 3 is 1.87 bits per heavy atom. The van der Waals surface area contributed by atoms with E-state index in [4.69, 9.17) is 5.73 Å². The highest BCUT2D eigenvalue weighted by Gasteiger charge is 2.10. The molecule has 4 aromatic rings. The predicted octanol–water partition coefficient (Wildman–Crippen LogP) is 3.30. The van der Waals surface area contributed by atoms with Gasteiger partial charge in [-0.2, -0.15) is 10.2 Å². The zero-order chi connectivity index (χ0) is 22.5. The number of carbonyl (C=O) groups excluding carboxylic acids is 1. The van der Waals surface area contributed by atoms with Crippen LogP contribution in [0.25, 0.3) is 22.5 Å². The highest BCUT2D eigenvalue weighted by molar-refractivity contribution is 5.79. The van der Waals surface area contributed by atoms with E-state index in [1.165, 1.54) is 0 Å². The van der Waals surface area contributed by atoms with Gasteiger partial charge in [-0.25, -0.2) is 0 Å². The Kier molecular flexibility index (Phi) is 6.40. The first kappa shape index (κ1) is 21.6. The number of carbonyl (C=O) groups is 1. The summed E-state index contributed by atoms with van der Waals surface area (Å²) in [6, 6.07) is 13.8. The molecule has 2 heterocycles. The van der Waals surface area contributed by atoms with Crippen LogP contribution in [0.3, 0.4) is 0 Å². The number of nitrogen functional groups attached to an aromatic ring is 1. The topological polar surface area (TPSA) is 119 Å². The molecule has 0 aliphatic rings. The van der Waals surface area contributed by atoms with Gasteiger partial charge in [-0.3, -0.25) is 14.2 Å². The number of aromatic hydroxyl groups is 2. The first-order valence-corrected chi connectivity index (χ1v) is 9.63. The quantitative estimate of drug-likeness (QED) is 0.345. The second-order valence-corrected chi connectivity index (χ2v) is 7.19. The van der Waals surface area contributed by atoms with Crippen LogP contribution < -0.4 is 5.73 Å². The molecule has 0 saturated carbocycles. The van der Waals surface area contributed by atoms with Crippen LogP contribution in [0, 0.1) is 0 Å². The number of nitrogens with zero attached hydrogens (tertiary/aromatic N) is 4. The van der Waals surface area contributed by atoms with Crippen molar-refractivity contribution >= 4 is 11.5 Å². The summed E-state index contributed by atoms with van der Waals surface area (Å²) in [5, 5.41) is 27.6. The first-order chi connectivity index (χ1) is 14.8. The molecule has 2 aromatic heterocycles. The summed E-state index contributed by atoms with van der Waals surface area (Å²) in [5.41, 5.74) is 10.2. The molecule has 4 rings (SSSR count). The van der Waals surface area contributed by atoms with Crippen molar-refractivity contribution in [1.82, 2.24) is 19.6 Å². The summed E-state index contributed by atoms with van der Waals surface area (Å²) < 4.78 is 3.38. The molecule has 0 atom stereocenters. The number of phenols is 2. The van der Waals surface area contributed by atoms with Crippen LogP contribution in [0.4, 0.5) is 5.69 Å². The Bertz CT molecular complexity index is 1210. The monoisotopic (exact) mass is 419 g/mol. The van der Waals surface area contributed by atoms with E-state index in [1.807, 2.05) is 32.3 Å². The van der Waals surface area contributed by atoms with Crippen LogP contribution in [0.2, 0.25) is 0 Å². The molecular formula is C23H25N5O3. The number of benzene rings is 2. The number of Topliss-reactive ketones (excluding diaryl/α,β-unsaturated/α-hetero) is 1. The molecular weight excluding hydrogens is 394 g/mol. The standard InChI is InChI=1S/C13H14N2O2.C10H11N3O/c1-9(16)7-10-3-4-13(17)11(8-10)12-5-6-14-15(12)2;1-13-9(4-5-12-13)8-6-7(11)2-3-10(8)14/h3-6,8,17H,7H2,1-2H3;2-6,14H,11H2,1H3. The smallest absolute Gasteiger partial charge is 0.134 e. The van der Waals surface area contributed by atoms with Gasteiger partial charge in [-0.15, -0.1) is 0 Å². The fourth-order valence-corrected chi connectivity index (χ4v) is 3.22. The number of aromatic nitrogens is 4. The average molecular weight is 419 g/mol. The normalized spacial score (nSPS) is 10.4. The number of phenolic OH excluding ortho intramolecular Hbond substituents is 2. The SMILES string of the molecule is CC(=O)Cc1ccc(O)c(-c2ccnn2C)c1.Cn1nccc1-c1cc(N)ccc1O. The Morgan fingerprint density at radius 1 is 0.871 bits per heavy atom. The van der Waals surface area contributed by atoms with E-state index in [1.54, 1.807) is 59.0 Å². The van der Waals surface area contributed by atoms with Crippen molar-refractivity contribution in [2.24, 2.45) is 14.1 Å². The molecule has 0 saturated heterocycles. The van der Waals surface area contributed by atoms with Crippen molar-refractivity contribution in [3.8, 4) is 34.0 Å². The molecule has 0 amide bonds. The third-order valence-electron chi connectivity index (χ3n) is 4.73. The molecule has 0 fully saturated rings. The minimum atomic E-state index is 0.103. The van der Waals surface area contributed by atoms with Gasteiger partial charge in [-0.05, 0) is 55.0 Å². The summed E-state index contributed by atoms with van der Waals surface area (Å²) in [7, 11) is 3.63. The van der Waals surface area contributed by atoms with Crippen LogP contribution in [0.15, 0.2) is 60.9 Å². The van der Waals surface area contributed by atoms with Gasteiger partial charge in [0.15, 0.2) is 0 Å². The van der Waals surface area contributed by atoms with Crippen LogP contribution in [0.1, 0.15) is 12.5 Å². The number of hydrogen-bond donors (Lipinski definition) is 3. The van der Waals surface area contributed by atoms with E-state index >= 15 is 0 Å². The van der Waals surface area contributed by atoms with Gasteiger partial charge >= 0.3 is 0 Å². The van der Waals surface area contributed by atoms with Crippen molar-refractivity contribution in [3.63, 3.8) is 0 Å². The fourth-order valence-electron chi connectivity index (χ4n) is 3.22. The Morgan fingerprint density at radius 2 is 1.39 bits per heavy atom. The fraction of sp³-hybridized carbons (Fsp3) is 0.174. The van der Waals surface area contributed by atoms with E-state index < -0.39 is 0 Å². The molecule has 4 N–H and O–H groups in total. The lowest BCUT2D eigenvalue weighted by Gasteiger charge is -2.07. The molecule has 0 aliphatic heterocycles. The average Bonchev–Trinajstić information content (AvgIpc) is 3.33. The summed E-state index contributed by atoms with van der Waals surface area (Å²) in [6.45, 7) is 1.55. The van der Waals surface area contributed by atoms with Gasteiger partial charge in [0, 0.05) is 49.7 Å². The summed E-state index contributed by atoms with van der Waals surface area (Å²) in [4.78, 5) is 11.1. The largest absolute Gasteiger partial charge is 0.507 e. The Balaban J connectivity index is 0.000000179. The van der Waals surface area contributed by atoms with Gasteiger partial charge in [-0.1, -0.05) is 6.07 Å². The minimum Gasteiger partial charge on any atom is -0.507 e. The zero-order valence-electron chi connectivity index (χ0n) is 17.6. The second-order valence-electron chi connectivity index (χ2n) is 7.19. The number of aryl methyl sites for hydroxylation is 2. The van der Waals surface area contributed by atoms with Crippen LogP contribution >= 0.6 is 0 Å². The molecule has 31 heavy (non-hydrogen) atoms. The minimum absolute atomic E-state index is 0.103. The molecule has 2 aromatic carbocycles. The Labute approximate surface area is 180 Å². The van der Waals surface area contributed by atoms with Crippen molar-refractivity contribution < 1.29 is 15.0 Å². The highest BCUT2D eigenvalue weighted by Crippen LogP contribution is 2.30. The summed E-state index contributed by atoms with van der Waals surface area (Å²) in [6.07, 6.45) is 3.73. The van der Waals surface area contributed by atoms with Crippen molar-refractivity contribution in [1.29, 1.82) is 0 Å². The molecule has 0 unspecified atom stereocenters. The summed E-state index contributed by atoms with van der Waals surface area (Å²) in [5.74, 6) is 0.510. The van der Waals surface area contributed by atoms with E-state index in [9.17, 15) is 15.0 Å². The molecule has 8 heteroatoms. The lowest BCUT2D eigenvalue weighted by molar-refractivity contribution is -0.116. The van der Waals surface area contributed by atoms with Gasteiger partial charge in [0.25, 0.3) is 0 Å². The maximum atomic E-state index is 11.1. The van der Waals surface area contributed by atoms with Crippen LogP contribution in [0.5, 0.6) is 11.5 Å². The van der Waals surface area contributed by atoms with E-state index in [2.05, 4.69) is 10.2 Å². The van der Waals surface area contributed by atoms with Crippen molar-refractivity contribution in [2.75, 3.05) is 5.73 Å². The number of ketones is 1. The van der Waals surface area contributed by atoms with Crippen molar-refractivity contribution in [3.05, 3.63) is 66.5 Å². The first-order valence-electron chi connectivity index (χ1n) is 9.63. The maximum Gasteiger partial charge on any atom is 0.134 e. The van der Waals surface area contributed by atoms with Crippen LogP contribution in [-0.4, -0.2) is 35.6 Å². The molecule has 0 bridgehead atoms. The van der Waals surface area contributed by atoms with Gasteiger partial charge in [0.05, 0.1) is 11.4 Å². The van der Waals surface area contributed by atoms with E-state index in [0.717, 1.165) is 17.0 Å². The van der Waals surface area contributed by atoms with Crippen molar-refractivity contribution in [2.45, 2.75) is 13.3 Å². The highest BCUT2D eigenvalue weighted by atomic mass is 16.3. The molecule has 0 spiro atoms. The summed E-state index contributed by atoms with van der Waals surface area (Å²) >= 11 is 0. The number of nitrogens with two attached hydrogens (primary N) is 1. The lowest BCUT2D eigenvalue weighted by atomic mass is 10.0. The zero-order valence-corrected chi connectivity index (χ0v) is 17.6. The molecule has 0 aliphatic carbocycles. The van der Waals surface area contributed by atoms with Gasteiger partial charge in [0.2, 0.25) is 0 Å². The maximum absolute atomic E-state index is 11.1. The van der Waals surface area contributed by atoms with Gasteiger partial charge < -0.3 is 15.9 Å². The third-order valence-corrected chi connectivity index (χ3v) is 4.73. The predicted molar refractivity (Wildman–Crippen MR) is 119 cm³/mol. The number of anilines is 1. The lowest BCUT2D eigenvalue weighted by Crippen LogP contribution is -1.98. The molecule has 160 valence electrons. The number of hydrogen-bond acceptors (Lipinski definition) is 6.